The van der Waals surface area contributed by atoms with Crippen molar-refractivity contribution in [1.29, 1.82) is 0 Å². The second-order valence-electron chi connectivity index (χ2n) is 8.06. The first-order valence-corrected chi connectivity index (χ1v) is 10.7. The smallest absolute Gasteiger partial charge is 0.294 e. The minimum absolute atomic E-state index is 0.127. The maximum atomic E-state index is 13.2. The highest BCUT2D eigenvalue weighted by atomic mass is 16.5. The van der Waals surface area contributed by atoms with Crippen molar-refractivity contribution >= 4 is 28.4 Å². The van der Waals surface area contributed by atoms with Crippen molar-refractivity contribution in [2.75, 3.05) is 36.5 Å². The Morgan fingerprint density at radius 1 is 1.10 bits per heavy atom. The third-order valence-corrected chi connectivity index (χ3v) is 5.57. The number of para-hydroxylation sites is 2. The molecule has 1 N–H and O–H groups in total. The number of carbonyl (C=O) groups is 1. The van der Waals surface area contributed by atoms with Crippen LogP contribution in [-0.4, -0.2) is 41.8 Å². The molecular weight excluding hydrogens is 392 g/mol. The molecule has 0 atom stereocenters. The summed E-state index contributed by atoms with van der Waals surface area (Å²) in [4.78, 5) is 32.4. The summed E-state index contributed by atoms with van der Waals surface area (Å²) in [6.07, 6.45) is 0.197. The van der Waals surface area contributed by atoms with Crippen LogP contribution in [0.4, 0.5) is 11.5 Å². The summed E-state index contributed by atoms with van der Waals surface area (Å²) in [5.74, 6) is 0.738. The van der Waals surface area contributed by atoms with Gasteiger partial charge in [-0.15, -0.1) is 0 Å². The van der Waals surface area contributed by atoms with Crippen LogP contribution in [0.3, 0.4) is 0 Å². The van der Waals surface area contributed by atoms with E-state index in [2.05, 4.69) is 24.1 Å². The quantitative estimate of drug-likeness (QED) is 0.662. The van der Waals surface area contributed by atoms with E-state index in [1.807, 2.05) is 53.4 Å². The highest BCUT2D eigenvalue weighted by molar-refractivity contribution is 5.90. The SMILES string of the molecule is CC(C)c1ccc(NC(=O)CCn2c(=O)c(N3CCOCC3)nc3ccccc32)cc1. The number of benzene rings is 2. The molecule has 2 aromatic carbocycles. The van der Waals surface area contributed by atoms with Gasteiger partial charge in [-0.05, 0) is 35.7 Å². The number of carbonyl (C=O) groups excluding carboxylic acids is 1. The summed E-state index contributed by atoms with van der Waals surface area (Å²) >= 11 is 0. The number of morpholine rings is 1. The molecule has 0 unspecified atom stereocenters. The number of aryl methyl sites for hydroxylation is 1. The van der Waals surface area contributed by atoms with Crippen LogP contribution in [0.15, 0.2) is 53.3 Å². The maximum Gasteiger partial charge on any atom is 0.294 e. The molecule has 0 spiro atoms. The second-order valence-corrected chi connectivity index (χ2v) is 8.06. The van der Waals surface area contributed by atoms with Gasteiger partial charge in [-0.2, -0.15) is 0 Å². The fourth-order valence-electron chi connectivity index (χ4n) is 3.77. The van der Waals surface area contributed by atoms with Crippen LogP contribution in [0.5, 0.6) is 0 Å². The van der Waals surface area contributed by atoms with Crippen molar-refractivity contribution < 1.29 is 9.53 Å². The molecular formula is C24H28N4O3. The summed E-state index contributed by atoms with van der Waals surface area (Å²) in [7, 11) is 0. The molecule has 1 saturated heterocycles. The molecule has 1 amide bonds. The average molecular weight is 421 g/mol. The van der Waals surface area contributed by atoms with E-state index in [4.69, 9.17) is 4.74 Å². The van der Waals surface area contributed by atoms with Gasteiger partial charge >= 0.3 is 0 Å². The fourth-order valence-corrected chi connectivity index (χ4v) is 3.77. The molecule has 7 heteroatoms. The van der Waals surface area contributed by atoms with Gasteiger partial charge in [0.25, 0.3) is 5.56 Å². The molecule has 1 fully saturated rings. The number of hydrogen-bond donors (Lipinski definition) is 1. The first kappa shape index (κ1) is 21.1. The molecule has 1 aromatic heterocycles. The van der Waals surface area contributed by atoms with Crippen LogP contribution < -0.4 is 15.8 Å². The minimum atomic E-state index is -0.172. The zero-order valence-corrected chi connectivity index (χ0v) is 18.0. The average Bonchev–Trinajstić information content (AvgIpc) is 2.79. The van der Waals surface area contributed by atoms with Gasteiger partial charge in [-0.1, -0.05) is 38.1 Å². The van der Waals surface area contributed by atoms with Crippen LogP contribution in [0.1, 0.15) is 31.7 Å². The van der Waals surface area contributed by atoms with Gasteiger partial charge in [0.15, 0.2) is 5.82 Å². The molecule has 0 radical (unpaired) electrons. The third-order valence-electron chi connectivity index (χ3n) is 5.57. The highest BCUT2D eigenvalue weighted by Gasteiger charge is 2.19. The molecule has 162 valence electrons. The molecule has 0 aliphatic carbocycles. The normalized spacial score (nSPS) is 14.2. The number of amides is 1. The van der Waals surface area contributed by atoms with Crippen molar-refractivity contribution in [3.8, 4) is 0 Å². The largest absolute Gasteiger partial charge is 0.378 e. The third kappa shape index (κ3) is 4.77. The number of anilines is 2. The lowest BCUT2D eigenvalue weighted by molar-refractivity contribution is -0.116. The summed E-state index contributed by atoms with van der Waals surface area (Å²) < 4.78 is 7.06. The lowest BCUT2D eigenvalue weighted by atomic mass is 10.0. The van der Waals surface area contributed by atoms with Crippen LogP contribution in [0.25, 0.3) is 11.0 Å². The topological polar surface area (TPSA) is 76.5 Å². The van der Waals surface area contributed by atoms with Gasteiger partial charge in [-0.3, -0.25) is 9.59 Å². The Kier molecular flexibility index (Phi) is 6.32. The van der Waals surface area contributed by atoms with E-state index in [1.165, 1.54) is 5.56 Å². The molecule has 0 bridgehead atoms. The predicted octanol–water partition coefficient (Wildman–Crippen LogP) is 3.39. The zero-order valence-electron chi connectivity index (χ0n) is 18.0. The Hall–Kier alpha value is -3.19. The highest BCUT2D eigenvalue weighted by Crippen LogP contribution is 2.18. The molecule has 0 saturated carbocycles. The number of aromatic nitrogens is 2. The van der Waals surface area contributed by atoms with E-state index in [1.54, 1.807) is 4.57 Å². The lowest BCUT2D eigenvalue weighted by Gasteiger charge is -2.28. The number of nitrogens with one attached hydrogen (secondary N) is 1. The Balaban J connectivity index is 1.53. The van der Waals surface area contributed by atoms with Crippen molar-refractivity contribution in [3.05, 3.63) is 64.4 Å². The second kappa shape index (κ2) is 9.31. The molecule has 7 nitrogen and oxygen atoms in total. The molecule has 31 heavy (non-hydrogen) atoms. The van der Waals surface area contributed by atoms with Crippen molar-refractivity contribution in [2.24, 2.45) is 0 Å². The monoisotopic (exact) mass is 420 g/mol. The predicted molar refractivity (Wildman–Crippen MR) is 123 cm³/mol. The first-order valence-electron chi connectivity index (χ1n) is 10.7. The summed E-state index contributed by atoms with van der Waals surface area (Å²) in [6, 6.07) is 15.4. The first-order chi connectivity index (χ1) is 15.0. The van der Waals surface area contributed by atoms with Crippen molar-refractivity contribution in [3.63, 3.8) is 0 Å². The standard InChI is InChI=1S/C24H28N4O3/c1-17(2)18-7-9-19(10-8-18)25-22(29)11-12-28-21-6-4-3-5-20(21)26-23(24(28)30)27-13-15-31-16-14-27/h3-10,17H,11-16H2,1-2H3,(H,25,29). The van der Waals surface area contributed by atoms with Gasteiger partial charge in [0, 0.05) is 31.7 Å². The number of fused-ring (bicyclic) bond motifs is 1. The Morgan fingerprint density at radius 3 is 2.52 bits per heavy atom. The van der Waals surface area contributed by atoms with E-state index < -0.39 is 0 Å². The van der Waals surface area contributed by atoms with Crippen LogP contribution in [0, 0.1) is 0 Å². The Bertz CT molecular complexity index is 1120. The number of ether oxygens (including phenoxy) is 1. The van der Waals surface area contributed by atoms with E-state index in [-0.39, 0.29) is 24.4 Å². The number of nitrogens with zero attached hydrogens (tertiary/aromatic N) is 3. The lowest BCUT2D eigenvalue weighted by Crippen LogP contribution is -2.41. The van der Waals surface area contributed by atoms with E-state index in [9.17, 15) is 9.59 Å². The van der Waals surface area contributed by atoms with E-state index in [0.29, 0.717) is 38.0 Å². The van der Waals surface area contributed by atoms with Crippen molar-refractivity contribution in [2.45, 2.75) is 32.7 Å². The Morgan fingerprint density at radius 2 is 1.81 bits per heavy atom. The van der Waals surface area contributed by atoms with E-state index >= 15 is 0 Å². The summed E-state index contributed by atoms with van der Waals surface area (Å²) in [6.45, 7) is 6.97. The molecule has 4 rings (SSSR count). The minimum Gasteiger partial charge on any atom is -0.378 e. The van der Waals surface area contributed by atoms with Gasteiger partial charge in [0.05, 0.1) is 24.2 Å². The number of hydrogen-bond acceptors (Lipinski definition) is 5. The number of rotatable bonds is 6. The molecule has 3 aromatic rings. The Labute approximate surface area is 181 Å². The maximum absolute atomic E-state index is 13.2. The van der Waals surface area contributed by atoms with Crippen LogP contribution in [0.2, 0.25) is 0 Å². The van der Waals surface area contributed by atoms with Crippen LogP contribution >= 0.6 is 0 Å². The molecule has 2 heterocycles. The van der Waals surface area contributed by atoms with Gasteiger partial charge < -0.3 is 19.5 Å². The van der Waals surface area contributed by atoms with E-state index in [0.717, 1.165) is 16.7 Å². The van der Waals surface area contributed by atoms with Gasteiger partial charge in [0.2, 0.25) is 5.91 Å². The molecule has 1 aliphatic heterocycles. The fraction of sp³-hybridized carbons (Fsp3) is 0.375. The molecule has 1 aliphatic rings. The van der Waals surface area contributed by atoms with Gasteiger partial charge in [0.1, 0.15) is 0 Å². The summed E-state index contributed by atoms with van der Waals surface area (Å²) in [5.41, 5.74) is 3.29. The summed E-state index contributed by atoms with van der Waals surface area (Å²) in [5, 5.41) is 2.93. The van der Waals surface area contributed by atoms with Crippen LogP contribution in [-0.2, 0) is 16.1 Å². The van der Waals surface area contributed by atoms with Crippen molar-refractivity contribution in [1.82, 2.24) is 9.55 Å². The van der Waals surface area contributed by atoms with Gasteiger partial charge in [-0.25, -0.2) is 4.98 Å². The zero-order chi connectivity index (χ0) is 21.8.